The molecule has 3 fully saturated rings. The predicted molar refractivity (Wildman–Crippen MR) is 58.8 cm³/mol. The molecule has 102 valence electrons. The molecule has 3 nitrogen and oxygen atoms in total. The van der Waals surface area contributed by atoms with E-state index in [9.17, 15) is 18.0 Å². The van der Waals surface area contributed by atoms with Gasteiger partial charge in [-0.25, -0.2) is 0 Å². The van der Waals surface area contributed by atoms with Crippen molar-refractivity contribution in [2.45, 2.75) is 37.9 Å². The quantitative estimate of drug-likeness (QED) is 0.779. The molecule has 1 N–H and O–H groups in total. The first kappa shape index (κ1) is 12.3. The Morgan fingerprint density at radius 2 is 1.89 bits per heavy atom. The van der Waals surface area contributed by atoms with Gasteiger partial charge in [0.05, 0.1) is 5.41 Å². The largest absolute Gasteiger partial charge is 0.395 e. The van der Waals surface area contributed by atoms with Crippen LogP contribution in [-0.4, -0.2) is 43.2 Å². The number of hydrogen-bond donors (Lipinski definition) is 1. The van der Waals surface area contributed by atoms with Gasteiger partial charge in [0.2, 0.25) is 6.41 Å². The summed E-state index contributed by atoms with van der Waals surface area (Å²) < 4.78 is 38.1. The Balaban J connectivity index is 1.41. The van der Waals surface area contributed by atoms with Gasteiger partial charge in [0.25, 0.3) is 0 Å². The monoisotopic (exact) mass is 262 g/mol. The molecule has 18 heavy (non-hydrogen) atoms. The van der Waals surface area contributed by atoms with Crippen LogP contribution in [0.5, 0.6) is 0 Å². The van der Waals surface area contributed by atoms with Crippen molar-refractivity contribution in [2.24, 2.45) is 10.8 Å². The van der Waals surface area contributed by atoms with Crippen LogP contribution in [0.1, 0.15) is 25.7 Å². The van der Waals surface area contributed by atoms with Crippen LogP contribution in [-0.2, 0) is 4.79 Å². The minimum atomic E-state index is -4.06. The maximum atomic E-state index is 12.7. The summed E-state index contributed by atoms with van der Waals surface area (Å²) in [6.07, 6.45) is -0.877. The molecule has 1 spiro atoms. The third-order valence-corrected chi connectivity index (χ3v) is 4.77. The summed E-state index contributed by atoms with van der Waals surface area (Å²) in [7, 11) is 0. The Bertz CT molecular complexity index is 351. The maximum absolute atomic E-state index is 12.7. The van der Waals surface area contributed by atoms with Gasteiger partial charge in [0.15, 0.2) is 0 Å². The smallest absolute Gasteiger partial charge is 0.344 e. The number of carbonyl (C=O) groups excluding carboxylic acids is 1. The Labute approximate surface area is 104 Å². The summed E-state index contributed by atoms with van der Waals surface area (Å²) >= 11 is 0. The molecule has 0 aromatic rings. The zero-order chi connectivity index (χ0) is 13.0. The highest BCUT2D eigenvalue weighted by atomic mass is 19.4. The van der Waals surface area contributed by atoms with Crippen molar-refractivity contribution in [3.8, 4) is 0 Å². The van der Waals surface area contributed by atoms with E-state index < -0.39 is 11.6 Å². The van der Waals surface area contributed by atoms with Gasteiger partial charge in [-0.2, -0.15) is 13.2 Å². The molecule has 3 rings (SSSR count). The number of halogens is 3. The number of alkyl halides is 3. The molecular formula is C12H17F3N2O. The van der Waals surface area contributed by atoms with Gasteiger partial charge in [0.1, 0.15) is 0 Å². The van der Waals surface area contributed by atoms with E-state index in [1.165, 1.54) is 0 Å². The molecule has 3 aliphatic rings. The molecule has 1 heterocycles. The van der Waals surface area contributed by atoms with E-state index in [1.807, 2.05) is 0 Å². The molecule has 1 saturated heterocycles. The summed E-state index contributed by atoms with van der Waals surface area (Å²) in [4.78, 5) is 12.2. The fraction of sp³-hybridized carbons (Fsp3) is 0.917. The molecule has 0 aromatic heterocycles. The number of nitrogens with zero attached hydrogens (tertiary/aromatic N) is 1. The van der Waals surface area contributed by atoms with Crippen LogP contribution in [0.25, 0.3) is 0 Å². The summed E-state index contributed by atoms with van der Waals surface area (Å²) in [6, 6.07) is 0.207. The van der Waals surface area contributed by atoms with E-state index in [1.54, 1.807) is 4.90 Å². The van der Waals surface area contributed by atoms with Crippen molar-refractivity contribution in [3.63, 3.8) is 0 Å². The lowest BCUT2D eigenvalue weighted by atomic mass is 9.61. The molecule has 0 aromatic carbocycles. The summed E-state index contributed by atoms with van der Waals surface area (Å²) in [5, 5.41) is 3.06. The lowest BCUT2D eigenvalue weighted by Crippen LogP contribution is -2.66. The zero-order valence-corrected chi connectivity index (χ0v) is 10.1. The van der Waals surface area contributed by atoms with E-state index >= 15 is 0 Å². The molecule has 6 heteroatoms. The second kappa shape index (κ2) is 3.62. The van der Waals surface area contributed by atoms with Gasteiger partial charge in [-0.3, -0.25) is 4.79 Å². The van der Waals surface area contributed by atoms with Crippen LogP contribution in [0.3, 0.4) is 0 Å². The first-order valence-electron chi connectivity index (χ1n) is 6.38. The van der Waals surface area contributed by atoms with Crippen molar-refractivity contribution in [1.82, 2.24) is 10.2 Å². The Kier molecular flexibility index (Phi) is 2.47. The van der Waals surface area contributed by atoms with Crippen LogP contribution in [0.2, 0.25) is 0 Å². The van der Waals surface area contributed by atoms with E-state index in [4.69, 9.17) is 0 Å². The van der Waals surface area contributed by atoms with Crippen LogP contribution >= 0.6 is 0 Å². The number of nitrogens with one attached hydrogen (secondary N) is 1. The molecule has 0 unspecified atom stereocenters. The second-order valence-electron chi connectivity index (χ2n) is 6.27. The Morgan fingerprint density at radius 1 is 1.28 bits per heavy atom. The van der Waals surface area contributed by atoms with E-state index in [0.717, 1.165) is 32.3 Å². The van der Waals surface area contributed by atoms with Gasteiger partial charge >= 0.3 is 6.18 Å². The fourth-order valence-electron chi connectivity index (χ4n) is 3.33. The maximum Gasteiger partial charge on any atom is 0.395 e. The van der Waals surface area contributed by atoms with Gasteiger partial charge < -0.3 is 10.2 Å². The molecule has 0 radical (unpaired) electrons. The van der Waals surface area contributed by atoms with Gasteiger partial charge in [0, 0.05) is 31.1 Å². The van der Waals surface area contributed by atoms with Gasteiger partial charge in [-0.15, -0.1) is 0 Å². The number of amides is 1. The number of rotatable bonds is 4. The minimum Gasteiger partial charge on any atom is -0.344 e. The first-order valence-corrected chi connectivity index (χ1v) is 6.38. The van der Waals surface area contributed by atoms with E-state index in [0.29, 0.717) is 0 Å². The second-order valence-corrected chi connectivity index (χ2v) is 6.27. The van der Waals surface area contributed by atoms with Crippen LogP contribution in [0.4, 0.5) is 13.2 Å². The molecule has 0 atom stereocenters. The third kappa shape index (κ3) is 1.81. The van der Waals surface area contributed by atoms with E-state index in [2.05, 4.69) is 5.32 Å². The molecule has 1 amide bonds. The SMILES string of the molecule is O=CN1CC2(CC(NCC3(C(F)(F)F)CC3)C2)C1. The summed E-state index contributed by atoms with van der Waals surface area (Å²) in [5.74, 6) is 0. The average molecular weight is 262 g/mol. The van der Waals surface area contributed by atoms with Crippen LogP contribution in [0.15, 0.2) is 0 Å². The Morgan fingerprint density at radius 3 is 2.33 bits per heavy atom. The van der Waals surface area contributed by atoms with Gasteiger partial charge in [-0.05, 0) is 25.7 Å². The topological polar surface area (TPSA) is 32.3 Å². The molecular weight excluding hydrogens is 245 g/mol. The van der Waals surface area contributed by atoms with Gasteiger partial charge in [-0.1, -0.05) is 0 Å². The highest BCUT2D eigenvalue weighted by Gasteiger charge is 2.63. The predicted octanol–water partition coefficient (Wildman–Crippen LogP) is 1.54. The van der Waals surface area contributed by atoms with Crippen molar-refractivity contribution < 1.29 is 18.0 Å². The van der Waals surface area contributed by atoms with Crippen LogP contribution < -0.4 is 5.32 Å². The average Bonchev–Trinajstić information content (AvgIpc) is 2.93. The number of hydrogen-bond acceptors (Lipinski definition) is 2. The van der Waals surface area contributed by atoms with Crippen molar-refractivity contribution in [2.75, 3.05) is 19.6 Å². The summed E-state index contributed by atoms with van der Waals surface area (Å²) in [6.45, 7) is 1.62. The zero-order valence-electron chi connectivity index (χ0n) is 10.1. The number of likely N-dealkylation sites (tertiary alicyclic amines) is 1. The van der Waals surface area contributed by atoms with E-state index in [-0.39, 0.29) is 30.8 Å². The normalized spacial score (nSPS) is 28.7. The fourth-order valence-corrected chi connectivity index (χ4v) is 3.33. The standard InChI is InChI=1S/C12H17F3N2O/c13-12(14,15)11(1-2-11)5-16-9-3-10(4-9)6-17(7-10)8-18/h8-9,16H,1-7H2. The Hall–Kier alpha value is -0.780. The highest BCUT2D eigenvalue weighted by Crippen LogP contribution is 2.57. The summed E-state index contributed by atoms with van der Waals surface area (Å²) in [5.41, 5.74) is -1.22. The van der Waals surface area contributed by atoms with Crippen LogP contribution in [0, 0.1) is 10.8 Å². The minimum absolute atomic E-state index is 0.0641. The molecule has 2 aliphatic carbocycles. The first-order chi connectivity index (χ1) is 8.38. The third-order valence-electron chi connectivity index (χ3n) is 4.77. The molecule has 1 aliphatic heterocycles. The lowest BCUT2D eigenvalue weighted by molar-refractivity contribution is -0.187. The van der Waals surface area contributed by atoms with Crippen molar-refractivity contribution in [3.05, 3.63) is 0 Å². The lowest BCUT2D eigenvalue weighted by Gasteiger charge is -2.58. The van der Waals surface area contributed by atoms with Crippen molar-refractivity contribution >= 4 is 6.41 Å². The number of carbonyl (C=O) groups is 1. The highest BCUT2D eigenvalue weighted by molar-refractivity contribution is 5.49. The molecule has 2 saturated carbocycles. The van der Waals surface area contributed by atoms with Crippen molar-refractivity contribution in [1.29, 1.82) is 0 Å². The molecule has 0 bridgehead atoms.